The van der Waals surface area contributed by atoms with E-state index in [4.69, 9.17) is 0 Å². The van der Waals surface area contributed by atoms with Crippen LogP contribution in [0.3, 0.4) is 0 Å². The van der Waals surface area contributed by atoms with E-state index in [1.54, 1.807) is 0 Å². The Morgan fingerprint density at radius 3 is 2.83 bits per heavy atom. The van der Waals surface area contributed by atoms with Crippen molar-refractivity contribution in [2.24, 2.45) is 5.92 Å². The summed E-state index contributed by atoms with van der Waals surface area (Å²) >= 11 is 0. The quantitative estimate of drug-likeness (QED) is 0.887. The van der Waals surface area contributed by atoms with Gasteiger partial charge in [-0.15, -0.1) is 0 Å². The van der Waals surface area contributed by atoms with E-state index in [0.29, 0.717) is 24.4 Å². The Balaban J connectivity index is 1.37. The van der Waals surface area contributed by atoms with Crippen molar-refractivity contribution in [1.82, 2.24) is 25.4 Å². The van der Waals surface area contributed by atoms with E-state index >= 15 is 0 Å². The van der Waals surface area contributed by atoms with Crippen LogP contribution in [-0.2, 0) is 17.8 Å². The van der Waals surface area contributed by atoms with Gasteiger partial charge in [0.1, 0.15) is 5.82 Å². The molecule has 0 spiro atoms. The van der Waals surface area contributed by atoms with E-state index in [0.717, 1.165) is 50.3 Å². The van der Waals surface area contributed by atoms with Gasteiger partial charge >= 0.3 is 0 Å². The molecule has 3 atom stereocenters. The summed E-state index contributed by atoms with van der Waals surface area (Å²) in [6.07, 6.45) is 8.43. The van der Waals surface area contributed by atoms with Crippen molar-refractivity contribution < 1.29 is 4.79 Å². The molecule has 3 aliphatic heterocycles. The molecule has 4 rings (SSSR count). The van der Waals surface area contributed by atoms with Crippen molar-refractivity contribution in [1.29, 1.82) is 0 Å². The summed E-state index contributed by atoms with van der Waals surface area (Å²) in [6.45, 7) is 2.99. The number of carbonyl (C=O) groups is 1. The van der Waals surface area contributed by atoms with Crippen molar-refractivity contribution in [2.45, 2.75) is 83.0 Å². The molecular formula is C17H27N5O. The Hall–Kier alpha value is -1.43. The first-order valence-electron chi connectivity index (χ1n) is 9.20. The maximum Gasteiger partial charge on any atom is 0.220 e. The van der Waals surface area contributed by atoms with E-state index < -0.39 is 0 Å². The SMILES string of the molecule is CCc1nc2n(n1)CCCC2NC(=O)CC1CC2CCC(C1)N2. The van der Waals surface area contributed by atoms with Crippen molar-refractivity contribution in [3.63, 3.8) is 0 Å². The Morgan fingerprint density at radius 2 is 2.09 bits per heavy atom. The number of hydrogen-bond acceptors (Lipinski definition) is 4. The average molecular weight is 317 g/mol. The molecule has 6 heteroatoms. The smallest absolute Gasteiger partial charge is 0.220 e. The predicted molar refractivity (Wildman–Crippen MR) is 86.8 cm³/mol. The summed E-state index contributed by atoms with van der Waals surface area (Å²) in [5.74, 6) is 2.57. The van der Waals surface area contributed by atoms with E-state index in [9.17, 15) is 4.79 Å². The normalized spacial score (nSPS) is 32.6. The van der Waals surface area contributed by atoms with Crippen molar-refractivity contribution in [2.75, 3.05) is 0 Å². The number of carbonyl (C=O) groups excluding carboxylic acids is 1. The standard InChI is InChI=1S/C17H27N5O/c1-2-15-20-17-14(4-3-7-22(17)21-15)19-16(23)10-11-8-12-5-6-13(9-11)18-12/h11-14,18H,2-10H2,1H3,(H,19,23). The second kappa shape index (κ2) is 6.23. The molecule has 2 saturated heterocycles. The third-order valence-electron chi connectivity index (χ3n) is 5.61. The number of amides is 1. The van der Waals surface area contributed by atoms with Gasteiger partial charge in [-0.1, -0.05) is 6.92 Å². The minimum absolute atomic E-state index is 0.0440. The Morgan fingerprint density at radius 1 is 1.30 bits per heavy atom. The molecule has 1 amide bonds. The van der Waals surface area contributed by atoms with Gasteiger partial charge in [-0.25, -0.2) is 9.67 Å². The number of nitrogens with zero attached hydrogens (tertiary/aromatic N) is 3. The topological polar surface area (TPSA) is 71.8 Å². The maximum absolute atomic E-state index is 12.5. The fourth-order valence-electron chi connectivity index (χ4n) is 4.54. The zero-order chi connectivity index (χ0) is 15.8. The molecule has 2 fully saturated rings. The number of piperidine rings is 1. The number of rotatable bonds is 4. The number of aryl methyl sites for hydroxylation is 2. The van der Waals surface area contributed by atoms with Gasteiger partial charge in [-0.3, -0.25) is 4.79 Å². The van der Waals surface area contributed by atoms with Crippen LogP contribution in [-0.4, -0.2) is 32.8 Å². The molecule has 126 valence electrons. The second-order valence-corrected chi connectivity index (χ2v) is 7.40. The molecule has 1 aromatic rings. The van der Waals surface area contributed by atoms with Gasteiger partial charge in [-0.2, -0.15) is 5.10 Å². The van der Waals surface area contributed by atoms with Crippen LogP contribution in [0.2, 0.25) is 0 Å². The summed E-state index contributed by atoms with van der Waals surface area (Å²) in [5.41, 5.74) is 0. The van der Waals surface area contributed by atoms with Gasteiger partial charge in [0.2, 0.25) is 5.91 Å². The third kappa shape index (κ3) is 3.13. The monoisotopic (exact) mass is 317 g/mol. The summed E-state index contributed by atoms with van der Waals surface area (Å²) < 4.78 is 1.98. The highest BCUT2D eigenvalue weighted by atomic mass is 16.1. The third-order valence-corrected chi connectivity index (χ3v) is 5.61. The minimum Gasteiger partial charge on any atom is -0.346 e. The molecule has 23 heavy (non-hydrogen) atoms. The number of nitrogens with one attached hydrogen (secondary N) is 2. The van der Waals surface area contributed by atoms with Crippen LogP contribution >= 0.6 is 0 Å². The van der Waals surface area contributed by atoms with Gasteiger partial charge in [0.15, 0.2) is 5.82 Å². The van der Waals surface area contributed by atoms with Gasteiger partial charge in [-0.05, 0) is 44.4 Å². The highest BCUT2D eigenvalue weighted by molar-refractivity contribution is 5.76. The highest BCUT2D eigenvalue weighted by Gasteiger charge is 2.34. The molecule has 6 nitrogen and oxygen atoms in total. The van der Waals surface area contributed by atoms with Crippen molar-refractivity contribution in [3.05, 3.63) is 11.6 Å². The van der Waals surface area contributed by atoms with Gasteiger partial charge in [0.05, 0.1) is 6.04 Å². The van der Waals surface area contributed by atoms with Crippen LogP contribution in [0, 0.1) is 5.92 Å². The fourth-order valence-corrected chi connectivity index (χ4v) is 4.54. The van der Waals surface area contributed by atoms with Gasteiger partial charge in [0, 0.05) is 31.5 Å². The highest BCUT2D eigenvalue weighted by Crippen LogP contribution is 2.33. The molecule has 0 saturated carbocycles. The lowest BCUT2D eigenvalue weighted by Gasteiger charge is -2.29. The van der Waals surface area contributed by atoms with Crippen LogP contribution in [0.15, 0.2) is 0 Å². The molecule has 3 unspecified atom stereocenters. The Bertz CT molecular complexity index is 572. The first-order chi connectivity index (χ1) is 11.2. The van der Waals surface area contributed by atoms with E-state index in [1.807, 2.05) is 4.68 Å². The van der Waals surface area contributed by atoms with Crippen LogP contribution in [0.4, 0.5) is 0 Å². The lowest BCUT2D eigenvalue weighted by Crippen LogP contribution is -2.40. The lowest BCUT2D eigenvalue weighted by atomic mass is 9.89. The van der Waals surface area contributed by atoms with Crippen LogP contribution in [0.25, 0.3) is 0 Å². The zero-order valence-corrected chi connectivity index (χ0v) is 13.9. The van der Waals surface area contributed by atoms with E-state index in [-0.39, 0.29) is 11.9 Å². The fraction of sp³-hybridized carbons (Fsp3) is 0.824. The summed E-state index contributed by atoms with van der Waals surface area (Å²) in [4.78, 5) is 17.1. The van der Waals surface area contributed by atoms with E-state index in [2.05, 4.69) is 27.6 Å². The molecule has 2 N–H and O–H groups in total. The number of aromatic nitrogens is 3. The molecule has 3 aliphatic rings. The minimum atomic E-state index is 0.0440. The Labute approximate surface area is 137 Å². The number of hydrogen-bond donors (Lipinski definition) is 2. The first-order valence-corrected chi connectivity index (χ1v) is 9.20. The molecule has 0 aromatic carbocycles. The van der Waals surface area contributed by atoms with Crippen LogP contribution in [0.5, 0.6) is 0 Å². The molecule has 2 bridgehead atoms. The Kier molecular flexibility index (Phi) is 4.09. The molecule has 1 aromatic heterocycles. The predicted octanol–water partition coefficient (Wildman–Crippen LogP) is 1.71. The van der Waals surface area contributed by atoms with Gasteiger partial charge in [0.25, 0.3) is 0 Å². The molecule has 4 heterocycles. The maximum atomic E-state index is 12.5. The van der Waals surface area contributed by atoms with Crippen LogP contribution < -0.4 is 10.6 Å². The molecular weight excluding hydrogens is 290 g/mol. The zero-order valence-electron chi connectivity index (χ0n) is 13.9. The van der Waals surface area contributed by atoms with Crippen LogP contribution in [0.1, 0.15) is 69.6 Å². The van der Waals surface area contributed by atoms with Crippen molar-refractivity contribution in [3.8, 4) is 0 Å². The number of fused-ring (bicyclic) bond motifs is 3. The largest absolute Gasteiger partial charge is 0.346 e. The molecule has 0 aliphatic carbocycles. The second-order valence-electron chi connectivity index (χ2n) is 7.40. The molecule has 0 radical (unpaired) electrons. The average Bonchev–Trinajstić information content (AvgIpc) is 3.11. The first kappa shape index (κ1) is 15.1. The van der Waals surface area contributed by atoms with Gasteiger partial charge < -0.3 is 10.6 Å². The van der Waals surface area contributed by atoms with E-state index in [1.165, 1.54) is 12.8 Å². The summed E-state index contributed by atoms with van der Waals surface area (Å²) in [7, 11) is 0. The summed E-state index contributed by atoms with van der Waals surface area (Å²) in [6, 6.07) is 1.34. The van der Waals surface area contributed by atoms with Crippen molar-refractivity contribution >= 4 is 5.91 Å². The summed E-state index contributed by atoms with van der Waals surface area (Å²) in [5, 5.41) is 11.4. The lowest BCUT2D eigenvalue weighted by molar-refractivity contribution is -0.123.